The molecule has 0 rings (SSSR count). The predicted molar refractivity (Wildman–Crippen MR) is 23.8 cm³/mol. The molecule has 5 nitrogen and oxygen atoms in total. The van der Waals surface area contributed by atoms with Gasteiger partial charge in [-0.15, -0.1) is 0 Å². The van der Waals surface area contributed by atoms with E-state index in [0.717, 1.165) is 0 Å². The molecule has 8 heavy (non-hydrogen) atoms. The van der Waals surface area contributed by atoms with Gasteiger partial charge in [0, 0.05) is 0 Å². The normalized spacial score (nSPS) is 0. The zero-order valence-electron chi connectivity index (χ0n) is 3.96. The Morgan fingerprint density at radius 1 is 0.375 bits per heavy atom. The number of rotatable bonds is 0. The third kappa shape index (κ3) is 107. The van der Waals surface area contributed by atoms with Crippen molar-refractivity contribution in [3.8, 4) is 0 Å². The van der Waals surface area contributed by atoms with Gasteiger partial charge in [0.1, 0.15) is 0 Å². The van der Waals surface area contributed by atoms with Crippen molar-refractivity contribution < 1.29 is 52.2 Å². The topological polar surface area (TPSA) is 158 Å². The van der Waals surface area contributed by atoms with E-state index in [1.54, 1.807) is 0 Å². The fraction of sp³-hybridized carbons (Fsp3) is 0. The minimum absolute atomic E-state index is 0. The first-order valence-corrected chi connectivity index (χ1v) is 0. The Balaban J connectivity index is 0. The summed E-state index contributed by atoms with van der Waals surface area (Å²) in [7, 11) is 0. The Bertz CT molecular complexity index is 10.4. The van der Waals surface area contributed by atoms with Crippen LogP contribution >= 0.6 is 0 Å². The average molecular weight is 249 g/mol. The molecular formula is H10Cl2O5Sr. The smallest absolute Gasteiger partial charge is 1.00 e. The van der Waals surface area contributed by atoms with E-state index in [9.17, 15) is 0 Å². The zero-order valence-corrected chi connectivity index (χ0v) is 8.95. The van der Waals surface area contributed by atoms with E-state index in [4.69, 9.17) is 0 Å². The maximum Gasteiger partial charge on any atom is 2.00 e. The third-order valence-corrected chi connectivity index (χ3v) is 0. The van der Waals surface area contributed by atoms with Gasteiger partial charge in [0.05, 0.1) is 0 Å². The third-order valence-electron chi connectivity index (χ3n) is 0. The summed E-state index contributed by atoms with van der Waals surface area (Å²) in [4.78, 5) is 0. The fourth-order valence-corrected chi connectivity index (χ4v) is 0. The van der Waals surface area contributed by atoms with Crippen LogP contribution in [0.2, 0.25) is 0 Å². The minimum atomic E-state index is 0. The van der Waals surface area contributed by atoms with Crippen LogP contribution in [0.3, 0.4) is 0 Å². The van der Waals surface area contributed by atoms with Gasteiger partial charge in [-0.25, -0.2) is 0 Å². The van der Waals surface area contributed by atoms with E-state index in [2.05, 4.69) is 0 Å². The molecule has 56 valence electrons. The number of hydrogen-bond donors (Lipinski definition) is 0. The Labute approximate surface area is 96.5 Å². The quantitative estimate of drug-likeness (QED) is 0.373. The SMILES string of the molecule is O.O.O.O.O.[Cl-].[Cl-].[Sr+2]. The van der Waals surface area contributed by atoms with Crippen LogP contribution in [-0.4, -0.2) is 72.9 Å². The molecule has 0 fully saturated rings. The van der Waals surface area contributed by atoms with Crippen LogP contribution in [-0.2, 0) is 0 Å². The van der Waals surface area contributed by atoms with Gasteiger partial charge in [0.25, 0.3) is 0 Å². The molecule has 0 radical (unpaired) electrons. The molecular weight excluding hydrogens is 239 g/mol. The van der Waals surface area contributed by atoms with Crippen LogP contribution in [0.15, 0.2) is 0 Å². The van der Waals surface area contributed by atoms with Gasteiger partial charge in [-0.3, -0.25) is 0 Å². The van der Waals surface area contributed by atoms with Gasteiger partial charge in [-0.1, -0.05) is 0 Å². The summed E-state index contributed by atoms with van der Waals surface area (Å²) >= 11 is 0. The van der Waals surface area contributed by atoms with E-state index in [1.165, 1.54) is 0 Å². The summed E-state index contributed by atoms with van der Waals surface area (Å²) in [5.74, 6) is 0. The van der Waals surface area contributed by atoms with Crippen molar-refractivity contribution in [2.45, 2.75) is 0 Å². The van der Waals surface area contributed by atoms with Crippen LogP contribution in [0.4, 0.5) is 0 Å². The average Bonchev–Trinajstić information content (AvgIpc) is 0. The Morgan fingerprint density at radius 3 is 0.375 bits per heavy atom. The molecule has 0 spiro atoms. The van der Waals surface area contributed by atoms with Crippen LogP contribution in [0.1, 0.15) is 0 Å². The standard InChI is InChI=1S/2ClH.5H2O.Sr/h2*1H;5*1H2;/q;;;;;;;+2/p-2. The second-order valence-corrected chi connectivity index (χ2v) is 0. The van der Waals surface area contributed by atoms with Crippen molar-refractivity contribution in [2.24, 2.45) is 0 Å². The fourth-order valence-electron chi connectivity index (χ4n) is 0. The van der Waals surface area contributed by atoms with Gasteiger partial charge in [-0.2, -0.15) is 0 Å². The monoisotopic (exact) mass is 248 g/mol. The Kier molecular flexibility index (Phi) is 4420. The first-order valence-electron chi connectivity index (χ1n) is 0. The molecule has 0 saturated carbocycles. The molecule has 0 aromatic heterocycles. The molecule has 0 aliphatic carbocycles. The summed E-state index contributed by atoms with van der Waals surface area (Å²) in [6.45, 7) is 0. The van der Waals surface area contributed by atoms with Gasteiger partial charge in [-0.05, 0) is 0 Å². The van der Waals surface area contributed by atoms with Crippen LogP contribution in [0, 0.1) is 0 Å². The summed E-state index contributed by atoms with van der Waals surface area (Å²) in [5.41, 5.74) is 0. The molecule has 0 atom stereocenters. The molecule has 0 amide bonds. The van der Waals surface area contributed by atoms with Gasteiger partial charge >= 0.3 is 45.5 Å². The second kappa shape index (κ2) is 158. The molecule has 0 heterocycles. The molecule has 0 saturated heterocycles. The molecule has 0 aliphatic rings. The first kappa shape index (κ1) is 224. The second-order valence-electron chi connectivity index (χ2n) is 0. The van der Waals surface area contributed by atoms with E-state index >= 15 is 0 Å². The van der Waals surface area contributed by atoms with E-state index in [1.807, 2.05) is 0 Å². The number of halogens is 2. The predicted octanol–water partition coefficient (Wildman–Crippen LogP) is -10.5. The van der Waals surface area contributed by atoms with Crippen LogP contribution in [0.5, 0.6) is 0 Å². The maximum atomic E-state index is 0. The van der Waals surface area contributed by atoms with Crippen molar-refractivity contribution in [1.82, 2.24) is 0 Å². The molecule has 0 aromatic rings. The van der Waals surface area contributed by atoms with Crippen molar-refractivity contribution in [1.29, 1.82) is 0 Å². The van der Waals surface area contributed by atoms with Gasteiger partial charge in [0.15, 0.2) is 0 Å². The molecule has 0 aliphatic heterocycles. The molecule has 8 heteroatoms. The van der Waals surface area contributed by atoms with Crippen LogP contribution in [0.25, 0.3) is 0 Å². The van der Waals surface area contributed by atoms with Crippen molar-refractivity contribution in [2.75, 3.05) is 0 Å². The van der Waals surface area contributed by atoms with Crippen molar-refractivity contribution in [3.63, 3.8) is 0 Å². The van der Waals surface area contributed by atoms with E-state index in [0.29, 0.717) is 0 Å². The summed E-state index contributed by atoms with van der Waals surface area (Å²) in [6, 6.07) is 0. The van der Waals surface area contributed by atoms with Gasteiger partial charge < -0.3 is 52.2 Å². The Hall–Kier alpha value is 1.86. The number of hydrogen-bond acceptors (Lipinski definition) is 0. The minimum Gasteiger partial charge on any atom is -1.00 e. The molecule has 10 N–H and O–H groups in total. The maximum absolute atomic E-state index is 0. The zero-order chi connectivity index (χ0) is 0. The van der Waals surface area contributed by atoms with E-state index in [-0.39, 0.29) is 97.7 Å². The van der Waals surface area contributed by atoms with Crippen molar-refractivity contribution >= 4 is 45.5 Å². The van der Waals surface area contributed by atoms with E-state index < -0.39 is 0 Å². The molecule has 0 unspecified atom stereocenters. The molecule has 0 bridgehead atoms. The van der Waals surface area contributed by atoms with Gasteiger partial charge in [0.2, 0.25) is 0 Å². The Morgan fingerprint density at radius 2 is 0.375 bits per heavy atom. The summed E-state index contributed by atoms with van der Waals surface area (Å²) in [5, 5.41) is 0. The largest absolute Gasteiger partial charge is 2.00 e. The van der Waals surface area contributed by atoms with Crippen LogP contribution < -0.4 is 24.8 Å². The van der Waals surface area contributed by atoms with Crippen molar-refractivity contribution in [3.05, 3.63) is 0 Å². The molecule has 0 aromatic carbocycles. The summed E-state index contributed by atoms with van der Waals surface area (Å²) in [6.07, 6.45) is 0. The first-order chi connectivity index (χ1) is 0. The summed E-state index contributed by atoms with van der Waals surface area (Å²) < 4.78 is 0.